The van der Waals surface area contributed by atoms with Gasteiger partial charge < -0.3 is 19.5 Å². The lowest BCUT2D eigenvalue weighted by molar-refractivity contribution is -0.894. The van der Waals surface area contributed by atoms with Crippen LogP contribution < -0.4 is 19.5 Å². The van der Waals surface area contributed by atoms with E-state index in [1.807, 2.05) is 31.2 Å². The first-order valence-electron chi connectivity index (χ1n) is 9.85. The van der Waals surface area contributed by atoms with Crippen molar-refractivity contribution >= 4 is 11.9 Å². The number of benzene rings is 2. The lowest BCUT2D eigenvalue weighted by Crippen LogP contribution is -3.07. The van der Waals surface area contributed by atoms with Crippen molar-refractivity contribution in [1.29, 1.82) is 0 Å². The van der Waals surface area contributed by atoms with Gasteiger partial charge in [-0.25, -0.2) is 0 Å². The summed E-state index contributed by atoms with van der Waals surface area (Å²) in [4.78, 5) is 14.1. The fourth-order valence-corrected chi connectivity index (χ4v) is 3.35. The molecule has 0 radical (unpaired) electrons. The number of hydrogen-bond donors (Lipinski definition) is 1. The molecule has 0 aromatic heterocycles. The minimum Gasteiger partial charge on any atom is -0.872 e. The Balaban J connectivity index is 1.91. The summed E-state index contributed by atoms with van der Waals surface area (Å²) in [5.74, 6) is 1.04. The van der Waals surface area contributed by atoms with Crippen molar-refractivity contribution in [3.05, 3.63) is 58.8 Å². The van der Waals surface area contributed by atoms with E-state index in [-0.39, 0.29) is 17.3 Å². The van der Waals surface area contributed by atoms with E-state index in [2.05, 4.69) is 14.0 Å². The molecular weight excluding hydrogens is 354 g/mol. The number of Topliss-reactive ketones (excluding diaryl/α,β-unsaturated/α-hetero) is 1. The van der Waals surface area contributed by atoms with E-state index in [1.54, 1.807) is 12.1 Å². The van der Waals surface area contributed by atoms with Crippen LogP contribution in [0.5, 0.6) is 17.2 Å². The average Bonchev–Trinajstić information content (AvgIpc) is 3.00. The minimum atomic E-state index is -0.200. The number of ether oxygens (including phenoxy) is 2. The summed E-state index contributed by atoms with van der Waals surface area (Å²) in [6.45, 7) is 6.10. The molecule has 2 aromatic rings. The molecule has 28 heavy (non-hydrogen) atoms. The molecular formula is C23H27NO4. The zero-order valence-electron chi connectivity index (χ0n) is 16.7. The highest BCUT2D eigenvalue weighted by Crippen LogP contribution is 2.38. The van der Waals surface area contributed by atoms with Gasteiger partial charge in [0, 0.05) is 11.1 Å². The normalized spacial score (nSPS) is 15.4. The molecule has 1 aliphatic rings. The Kier molecular flexibility index (Phi) is 6.37. The summed E-state index contributed by atoms with van der Waals surface area (Å²) in [7, 11) is 2.06. The second kappa shape index (κ2) is 8.93. The first-order chi connectivity index (χ1) is 13.5. The van der Waals surface area contributed by atoms with Crippen molar-refractivity contribution in [1.82, 2.24) is 0 Å². The Morgan fingerprint density at radius 3 is 2.71 bits per heavy atom. The molecule has 148 valence electrons. The Labute approximate surface area is 166 Å². The molecule has 1 atom stereocenters. The third-order valence-corrected chi connectivity index (χ3v) is 4.84. The van der Waals surface area contributed by atoms with Crippen LogP contribution in [0.3, 0.4) is 0 Å². The summed E-state index contributed by atoms with van der Waals surface area (Å²) >= 11 is 0. The molecule has 0 saturated carbocycles. The number of allylic oxidation sites excluding steroid dienone is 1. The maximum absolute atomic E-state index is 12.8. The van der Waals surface area contributed by atoms with Crippen LogP contribution in [0, 0.1) is 0 Å². The Morgan fingerprint density at radius 1 is 1.18 bits per heavy atom. The number of hydrogen-bond acceptors (Lipinski definition) is 4. The molecule has 2 aromatic carbocycles. The van der Waals surface area contributed by atoms with E-state index in [4.69, 9.17) is 9.47 Å². The smallest absolute Gasteiger partial charge is 0.231 e. The SMILES string of the molecule is CCCC[NH+](C)Cc1c([O-])ccc2c1OC(=Cc1ccccc1OCC)C2=O. The van der Waals surface area contributed by atoms with Crippen molar-refractivity contribution in [3.63, 3.8) is 0 Å². The average molecular weight is 381 g/mol. The molecule has 3 rings (SSSR count). The number of unbranched alkanes of at least 4 members (excludes halogenated alkanes) is 1. The number of fused-ring (bicyclic) bond motifs is 1. The number of para-hydroxylation sites is 1. The highest BCUT2D eigenvalue weighted by atomic mass is 16.5. The van der Waals surface area contributed by atoms with Gasteiger partial charge in [-0.05, 0) is 31.6 Å². The van der Waals surface area contributed by atoms with E-state index in [9.17, 15) is 9.90 Å². The van der Waals surface area contributed by atoms with Crippen molar-refractivity contribution in [3.8, 4) is 17.2 Å². The van der Waals surface area contributed by atoms with Gasteiger partial charge in [0.2, 0.25) is 5.78 Å². The Hall–Kier alpha value is -2.79. The zero-order chi connectivity index (χ0) is 20.1. The summed E-state index contributed by atoms with van der Waals surface area (Å²) in [5, 5.41) is 12.5. The van der Waals surface area contributed by atoms with Gasteiger partial charge in [0.1, 0.15) is 18.0 Å². The first-order valence-corrected chi connectivity index (χ1v) is 9.85. The molecule has 0 fully saturated rings. The standard InChI is InChI=1S/C23H27NO4/c1-4-6-13-24(3)15-18-19(25)12-11-17-22(26)21(28-23(17)18)14-16-9-7-8-10-20(16)27-5-2/h7-12,14,25H,4-6,13,15H2,1-3H3. The van der Waals surface area contributed by atoms with E-state index in [0.717, 1.165) is 24.9 Å². The van der Waals surface area contributed by atoms with Crippen molar-refractivity contribution in [2.45, 2.75) is 33.2 Å². The van der Waals surface area contributed by atoms with E-state index >= 15 is 0 Å². The van der Waals surface area contributed by atoms with Crippen LogP contribution in [0.1, 0.15) is 48.2 Å². The Morgan fingerprint density at radius 2 is 1.96 bits per heavy atom. The first kappa shape index (κ1) is 20.0. The monoisotopic (exact) mass is 381 g/mol. The van der Waals surface area contributed by atoms with Gasteiger partial charge in [-0.15, -0.1) is 0 Å². The molecule has 1 N–H and O–H groups in total. The minimum absolute atomic E-state index is 0.0848. The number of carbonyl (C=O) groups is 1. The van der Waals surface area contributed by atoms with Gasteiger partial charge in [-0.3, -0.25) is 4.79 Å². The lowest BCUT2D eigenvalue weighted by Gasteiger charge is -2.20. The number of quaternary nitrogens is 1. The van der Waals surface area contributed by atoms with Crippen molar-refractivity contribution < 1.29 is 24.3 Å². The maximum Gasteiger partial charge on any atom is 0.231 e. The van der Waals surface area contributed by atoms with Gasteiger partial charge in [-0.2, -0.15) is 0 Å². The number of nitrogens with one attached hydrogen (secondary N) is 1. The summed E-state index contributed by atoms with van der Waals surface area (Å²) in [6.07, 6.45) is 3.89. The molecule has 0 spiro atoms. The van der Waals surface area contributed by atoms with Crippen LogP contribution in [0.2, 0.25) is 0 Å². The second-order valence-electron chi connectivity index (χ2n) is 7.07. The highest BCUT2D eigenvalue weighted by Gasteiger charge is 2.31. The number of carbonyl (C=O) groups excluding carboxylic acids is 1. The molecule has 0 bridgehead atoms. The molecule has 1 heterocycles. The van der Waals surface area contributed by atoms with Gasteiger partial charge in [0.05, 0.1) is 25.8 Å². The van der Waals surface area contributed by atoms with E-state index in [1.165, 1.54) is 11.0 Å². The summed E-state index contributed by atoms with van der Waals surface area (Å²) in [5.41, 5.74) is 1.80. The van der Waals surface area contributed by atoms with Crippen molar-refractivity contribution in [2.24, 2.45) is 0 Å². The molecule has 1 aliphatic heterocycles. The third kappa shape index (κ3) is 4.20. The van der Waals surface area contributed by atoms with Gasteiger partial charge >= 0.3 is 0 Å². The van der Waals surface area contributed by atoms with Crippen molar-refractivity contribution in [2.75, 3.05) is 20.2 Å². The highest BCUT2D eigenvalue weighted by molar-refractivity contribution is 6.15. The predicted octanol–water partition coefficient (Wildman–Crippen LogP) is 2.59. The summed E-state index contributed by atoms with van der Waals surface area (Å²) in [6, 6.07) is 10.5. The van der Waals surface area contributed by atoms with Crippen LogP contribution in [0.15, 0.2) is 42.2 Å². The molecule has 5 heteroatoms. The number of rotatable bonds is 8. The van der Waals surface area contributed by atoms with Gasteiger partial charge in [-0.1, -0.05) is 43.4 Å². The van der Waals surface area contributed by atoms with E-state index in [0.29, 0.717) is 35.8 Å². The topological polar surface area (TPSA) is 63.0 Å². The predicted molar refractivity (Wildman–Crippen MR) is 107 cm³/mol. The second-order valence-corrected chi connectivity index (χ2v) is 7.07. The Bertz CT molecular complexity index is 888. The quantitative estimate of drug-likeness (QED) is 0.714. The molecule has 0 saturated heterocycles. The van der Waals surface area contributed by atoms with Crippen LogP contribution in [-0.4, -0.2) is 26.0 Å². The third-order valence-electron chi connectivity index (χ3n) is 4.84. The van der Waals surface area contributed by atoms with E-state index < -0.39 is 0 Å². The largest absolute Gasteiger partial charge is 0.872 e. The molecule has 1 unspecified atom stereocenters. The molecule has 0 aliphatic carbocycles. The van der Waals surface area contributed by atoms with Crippen LogP contribution in [0.25, 0.3) is 6.08 Å². The molecule has 0 amide bonds. The zero-order valence-corrected chi connectivity index (χ0v) is 16.7. The van der Waals surface area contributed by atoms with Gasteiger partial charge in [0.25, 0.3) is 0 Å². The maximum atomic E-state index is 12.8. The lowest BCUT2D eigenvalue weighted by atomic mass is 10.0. The van der Waals surface area contributed by atoms with Crippen LogP contribution in [0.4, 0.5) is 0 Å². The van der Waals surface area contributed by atoms with Gasteiger partial charge in [0.15, 0.2) is 5.76 Å². The fourth-order valence-electron chi connectivity index (χ4n) is 3.35. The number of ketones is 1. The van der Waals surface area contributed by atoms with Crippen LogP contribution >= 0.6 is 0 Å². The molecule has 5 nitrogen and oxygen atoms in total. The fraction of sp³-hybridized carbons (Fsp3) is 0.348. The van der Waals surface area contributed by atoms with Crippen LogP contribution in [-0.2, 0) is 6.54 Å². The summed E-state index contributed by atoms with van der Waals surface area (Å²) < 4.78 is 11.5.